The maximum Gasteiger partial charge on any atom is 0.270 e. The number of nitrogens with two attached hydrogens (primary N) is 1. The number of rotatable bonds is 4. The van der Waals surface area contributed by atoms with Gasteiger partial charge in [-0.05, 0) is 56.5 Å². The van der Waals surface area contributed by atoms with Crippen molar-refractivity contribution >= 4 is 28.8 Å². The van der Waals surface area contributed by atoms with E-state index in [2.05, 4.69) is 22.1 Å². The first-order valence-electron chi connectivity index (χ1n) is 9.94. The summed E-state index contributed by atoms with van der Waals surface area (Å²) in [5, 5.41) is 2.68. The molecule has 3 N–H and O–H groups in total. The summed E-state index contributed by atoms with van der Waals surface area (Å²) < 4.78 is 1.31. The van der Waals surface area contributed by atoms with Gasteiger partial charge in [0, 0.05) is 36.4 Å². The Kier molecular flexibility index (Phi) is 5.22. The van der Waals surface area contributed by atoms with Crippen LogP contribution in [0.4, 0.5) is 11.4 Å². The average molecular weight is 405 g/mol. The van der Waals surface area contributed by atoms with E-state index in [4.69, 9.17) is 5.73 Å². The standard InChI is InChI=1S/C22H23N5O3/c1-14-6-2-4-10-26(14)18-9-8-15(12-16(18)20(23)28)25-21(29)17-13-24-19-7-3-5-11-27(19)22(17)30/h3,5,7-9,11-14H,2,4,6,10H2,1H3,(H2,23,28)(H,25,29). The highest BCUT2D eigenvalue weighted by molar-refractivity contribution is 6.06. The predicted molar refractivity (Wildman–Crippen MR) is 115 cm³/mol. The number of amides is 2. The summed E-state index contributed by atoms with van der Waals surface area (Å²) >= 11 is 0. The number of carbonyl (C=O) groups excluding carboxylic acids is 2. The van der Waals surface area contributed by atoms with Crippen molar-refractivity contribution < 1.29 is 9.59 Å². The van der Waals surface area contributed by atoms with Crippen LogP contribution in [0.2, 0.25) is 0 Å². The summed E-state index contributed by atoms with van der Waals surface area (Å²) in [5.41, 5.74) is 7.02. The van der Waals surface area contributed by atoms with Gasteiger partial charge < -0.3 is 16.0 Å². The summed E-state index contributed by atoms with van der Waals surface area (Å²) in [4.78, 5) is 43.8. The van der Waals surface area contributed by atoms with Crippen molar-refractivity contribution in [2.24, 2.45) is 5.73 Å². The number of nitrogens with one attached hydrogen (secondary N) is 1. The summed E-state index contributed by atoms with van der Waals surface area (Å²) in [7, 11) is 0. The van der Waals surface area contributed by atoms with Crippen LogP contribution in [0.1, 0.15) is 46.9 Å². The summed E-state index contributed by atoms with van der Waals surface area (Å²) in [6.07, 6.45) is 6.08. The molecular formula is C22H23N5O3. The van der Waals surface area contributed by atoms with Crippen molar-refractivity contribution in [1.29, 1.82) is 0 Å². The molecule has 3 aromatic rings. The van der Waals surface area contributed by atoms with Gasteiger partial charge in [-0.2, -0.15) is 0 Å². The number of piperidine rings is 1. The van der Waals surface area contributed by atoms with Crippen LogP contribution < -0.4 is 21.5 Å². The number of fused-ring (bicyclic) bond motifs is 1. The minimum absolute atomic E-state index is 0.0898. The number of hydrogen-bond donors (Lipinski definition) is 2. The maximum atomic E-state index is 12.7. The lowest BCUT2D eigenvalue weighted by Gasteiger charge is -2.36. The molecule has 1 aliphatic heterocycles. The Balaban J connectivity index is 1.64. The van der Waals surface area contributed by atoms with Gasteiger partial charge in [-0.15, -0.1) is 0 Å². The minimum Gasteiger partial charge on any atom is -0.368 e. The molecule has 1 aromatic carbocycles. The number of hydrogen-bond acceptors (Lipinski definition) is 5. The first-order chi connectivity index (χ1) is 14.5. The van der Waals surface area contributed by atoms with Crippen molar-refractivity contribution in [2.45, 2.75) is 32.2 Å². The van der Waals surface area contributed by atoms with Gasteiger partial charge in [-0.3, -0.25) is 18.8 Å². The molecule has 1 saturated heterocycles. The monoisotopic (exact) mass is 405 g/mol. The molecule has 0 bridgehead atoms. The van der Waals surface area contributed by atoms with Crippen molar-refractivity contribution in [2.75, 3.05) is 16.8 Å². The van der Waals surface area contributed by atoms with Crippen molar-refractivity contribution in [3.05, 3.63) is 70.3 Å². The topological polar surface area (TPSA) is 110 Å². The Morgan fingerprint density at radius 3 is 2.77 bits per heavy atom. The Hall–Kier alpha value is -3.68. The third kappa shape index (κ3) is 3.63. The fraction of sp³-hybridized carbons (Fsp3) is 0.273. The Morgan fingerprint density at radius 2 is 2.00 bits per heavy atom. The van der Waals surface area contributed by atoms with Crippen LogP contribution in [0, 0.1) is 0 Å². The molecule has 4 rings (SSSR count). The molecule has 154 valence electrons. The fourth-order valence-electron chi connectivity index (χ4n) is 3.90. The van der Waals surface area contributed by atoms with E-state index in [1.807, 2.05) is 0 Å². The largest absolute Gasteiger partial charge is 0.368 e. The van der Waals surface area contributed by atoms with Crippen LogP contribution in [0.3, 0.4) is 0 Å². The van der Waals surface area contributed by atoms with Crippen molar-refractivity contribution in [3.63, 3.8) is 0 Å². The molecule has 3 heterocycles. The molecule has 8 heteroatoms. The highest BCUT2D eigenvalue weighted by Gasteiger charge is 2.23. The minimum atomic E-state index is -0.597. The molecule has 0 radical (unpaired) electrons. The molecule has 1 fully saturated rings. The third-order valence-corrected chi connectivity index (χ3v) is 5.49. The number of anilines is 2. The lowest BCUT2D eigenvalue weighted by atomic mass is 10.0. The molecular weight excluding hydrogens is 382 g/mol. The first kappa shape index (κ1) is 19.6. The van der Waals surface area contributed by atoms with Crippen LogP contribution in [-0.4, -0.2) is 33.8 Å². The molecule has 2 aromatic heterocycles. The van der Waals surface area contributed by atoms with Crippen molar-refractivity contribution in [1.82, 2.24) is 9.38 Å². The molecule has 1 atom stereocenters. The second-order valence-corrected chi connectivity index (χ2v) is 7.49. The molecule has 1 unspecified atom stereocenters. The first-order valence-corrected chi connectivity index (χ1v) is 9.94. The van der Waals surface area contributed by atoms with Gasteiger partial charge in [0.15, 0.2) is 0 Å². The fourth-order valence-corrected chi connectivity index (χ4v) is 3.90. The van der Waals surface area contributed by atoms with E-state index < -0.39 is 17.4 Å². The van der Waals surface area contributed by atoms with Gasteiger partial charge in [0.25, 0.3) is 17.4 Å². The molecule has 1 aliphatic rings. The number of primary amides is 1. The SMILES string of the molecule is CC1CCCCN1c1ccc(NC(=O)c2cnc3ccccn3c2=O)cc1C(N)=O. The molecule has 2 amide bonds. The Labute approximate surface area is 173 Å². The van der Waals surface area contributed by atoms with E-state index in [0.717, 1.165) is 31.5 Å². The normalized spacial score (nSPS) is 16.4. The van der Waals surface area contributed by atoms with Crippen LogP contribution in [0.5, 0.6) is 0 Å². The van der Waals surface area contributed by atoms with E-state index in [1.54, 1.807) is 42.6 Å². The smallest absolute Gasteiger partial charge is 0.270 e. The Morgan fingerprint density at radius 1 is 1.17 bits per heavy atom. The highest BCUT2D eigenvalue weighted by Crippen LogP contribution is 2.30. The van der Waals surface area contributed by atoms with Gasteiger partial charge in [-0.1, -0.05) is 6.07 Å². The molecule has 0 saturated carbocycles. The maximum absolute atomic E-state index is 12.7. The van der Waals surface area contributed by atoms with E-state index in [0.29, 0.717) is 22.9 Å². The third-order valence-electron chi connectivity index (χ3n) is 5.49. The Bertz CT molecular complexity index is 1190. The second kappa shape index (κ2) is 7.98. The predicted octanol–water partition coefficient (Wildman–Crippen LogP) is 2.42. The quantitative estimate of drug-likeness (QED) is 0.693. The molecule has 8 nitrogen and oxygen atoms in total. The van der Waals surface area contributed by atoms with E-state index in [1.165, 1.54) is 10.6 Å². The number of carbonyl (C=O) groups is 2. The zero-order valence-electron chi connectivity index (χ0n) is 16.7. The molecule has 30 heavy (non-hydrogen) atoms. The van der Waals surface area contributed by atoms with Crippen LogP contribution in [0.15, 0.2) is 53.6 Å². The second-order valence-electron chi connectivity index (χ2n) is 7.49. The van der Waals surface area contributed by atoms with Gasteiger partial charge >= 0.3 is 0 Å². The summed E-state index contributed by atoms with van der Waals surface area (Å²) in [6, 6.07) is 10.5. The summed E-state index contributed by atoms with van der Waals surface area (Å²) in [5.74, 6) is -1.16. The van der Waals surface area contributed by atoms with Crippen LogP contribution in [-0.2, 0) is 0 Å². The van der Waals surface area contributed by atoms with Gasteiger partial charge in [0.05, 0.1) is 5.56 Å². The van der Waals surface area contributed by atoms with Crippen LogP contribution >= 0.6 is 0 Å². The van der Waals surface area contributed by atoms with Gasteiger partial charge in [0.2, 0.25) is 0 Å². The number of benzene rings is 1. The zero-order valence-corrected chi connectivity index (χ0v) is 16.7. The average Bonchev–Trinajstić information content (AvgIpc) is 2.74. The number of aromatic nitrogens is 2. The highest BCUT2D eigenvalue weighted by atomic mass is 16.2. The van der Waals surface area contributed by atoms with Gasteiger partial charge in [0.1, 0.15) is 11.2 Å². The molecule has 0 aliphatic carbocycles. The zero-order chi connectivity index (χ0) is 21.3. The van der Waals surface area contributed by atoms with E-state index in [9.17, 15) is 14.4 Å². The van der Waals surface area contributed by atoms with E-state index in [-0.39, 0.29) is 5.56 Å². The van der Waals surface area contributed by atoms with Crippen molar-refractivity contribution in [3.8, 4) is 0 Å². The van der Waals surface area contributed by atoms with Gasteiger partial charge in [-0.25, -0.2) is 4.98 Å². The van der Waals surface area contributed by atoms with Crippen LogP contribution in [0.25, 0.3) is 5.65 Å². The summed E-state index contributed by atoms with van der Waals surface area (Å²) in [6.45, 7) is 2.98. The lowest BCUT2D eigenvalue weighted by Crippen LogP contribution is -2.38. The van der Waals surface area contributed by atoms with E-state index >= 15 is 0 Å². The number of nitrogens with zero attached hydrogens (tertiary/aromatic N) is 3. The number of pyridine rings is 1. The molecule has 0 spiro atoms. The lowest BCUT2D eigenvalue weighted by molar-refractivity contribution is 0.0996.